The zero-order valence-corrected chi connectivity index (χ0v) is 12.3. The molecule has 0 unspecified atom stereocenters. The Morgan fingerprint density at radius 2 is 2.00 bits per heavy atom. The minimum Gasteiger partial charge on any atom is -0.308 e. The maximum atomic E-state index is 11.7. The second-order valence-corrected chi connectivity index (χ2v) is 7.97. The summed E-state index contributed by atoms with van der Waals surface area (Å²) < 4.78 is 24.0. The van der Waals surface area contributed by atoms with Crippen molar-refractivity contribution in [3.05, 3.63) is 5.82 Å². The van der Waals surface area contributed by atoms with Crippen molar-refractivity contribution in [1.29, 1.82) is 0 Å². The van der Waals surface area contributed by atoms with Crippen molar-refractivity contribution in [1.82, 2.24) is 25.5 Å². The quantitative estimate of drug-likeness (QED) is 0.785. The first-order chi connectivity index (χ1) is 8.13. The summed E-state index contributed by atoms with van der Waals surface area (Å²) in [5.41, 5.74) is 0. The van der Waals surface area contributed by atoms with E-state index in [1.54, 1.807) is 13.8 Å². The molecule has 104 valence electrons. The van der Waals surface area contributed by atoms with Crippen molar-refractivity contribution in [2.45, 2.75) is 51.6 Å². The van der Waals surface area contributed by atoms with Gasteiger partial charge in [-0.15, -0.1) is 5.10 Å². The summed E-state index contributed by atoms with van der Waals surface area (Å²) in [7, 11) is -3.16. The maximum Gasteiger partial charge on any atom is 0.165 e. The van der Waals surface area contributed by atoms with Gasteiger partial charge in [0.05, 0.1) is 17.8 Å². The van der Waals surface area contributed by atoms with Gasteiger partial charge in [-0.3, -0.25) is 0 Å². The van der Waals surface area contributed by atoms with Gasteiger partial charge in [-0.25, -0.2) is 13.1 Å². The fourth-order valence-corrected chi connectivity index (χ4v) is 1.60. The third-order valence-corrected chi connectivity index (χ3v) is 4.95. The number of sulfone groups is 1. The molecule has 0 aliphatic carbocycles. The van der Waals surface area contributed by atoms with Crippen molar-refractivity contribution >= 4 is 9.84 Å². The lowest BCUT2D eigenvalue weighted by atomic mass is 10.2. The Morgan fingerprint density at radius 1 is 1.39 bits per heavy atom. The number of nitrogens with zero attached hydrogens (tertiary/aromatic N) is 4. The van der Waals surface area contributed by atoms with Gasteiger partial charge in [0.2, 0.25) is 0 Å². The number of hydrogen-bond donors (Lipinski definition) is 1. The zero-order chi connectivity index (χ0) is 14.0. The van der Waals surface area contributed by atoms with E-state index >= 15 is 0 Å². The molecule has 1 N–H and O–H groups in total. The summed E-state index contributed by atoms with van der Waals surface area (Å²) in [6, 6.07) is 0.318. The highest BCUT2D eigenvalue weighted by Crippen LogP contribution is 2.17. The van der Waals surface area contributed by atoms with E-state index in [0.717, 1.165) is 0 Å². The van der Waals surface area contributed by atoms with Crippen LogP contribution in [0.15, 0.2) is 0 Å². The molecule has 1 heterocycles. The van der Waals surface area contributed by atoms with Gasteiger partial charge in [0, 0.05) is 12.3 Å². The zero-order valence-electron chi connectivity index (χ0n) is 11.5. The van der Waals surface area contributed by atoms with E-state index in [0.29, 0.717) is 18.4 Å². The first-order valence-electron chi connectivity index (χ1n) is 5.81. The number of hydrogen-bond acceptors (Lipinski definition) is 6. The molecule has 0 saturated heterocycles. The van der Waals surface area contributed by atoms with Crippen LogP contribution in [0.3, 0.4) is 0 Å². The smallest absolute Gasteiger partial charge is 0.165 e. The molecular formula is C10H21N5O2S. The molecule has 1 rings (SSSR count). The molecule has 1 aromatic heterocycles. The lowest BCUT2D eigenvalue weighted by Crippen LogP contribution is -2.37. The fraction of sp³-hybridized carbons (Fsp3) is 0.900. The highest BCUT2D eigenvalue weighted by atomic mass is 32.2. The topological polar surface area (TPSA) is 89.8 Å². The average molecular weight is 275 g/mol. The summed E-state index contributed by atoms with van der Waals surface area (Å²) in [6.45, 7) is 8.15. The molecule has 7 nitrogen and oxygen atoms in total. The van der Waals surface area contributed by atoms with Crippen LogP contribution in [0.25, 0.3) is 0 Å². The fourth-order valence-electron chi connectivity index (χ4n) is 1.25. The van der Waals surface area contributed by atoms with Crippen LogP contribution in [0, 0.1) is 0 Å². The predicted octanol–water partition coefficient (Wildman–Crippen LogP) is -0.00570. The standard InChI is InChI=1S/C10H21N5O2S/c1-8(2)11-6-9-12-13-14-15(9)7-10(3,4)18(5,16)17/h8,11H,6-7H2,1-5H3. The maximum absolute atomic E-state index is 11.7. The van der Waals surface area contributed by atoms with E-state index < -0.39 is 14.6 Å². The summed E-state index contributed by atoms with van der Waals surface area (Å²) in [5.74, 6) is 0.639. The van der Waals surface area contributed by atoms with E-state index in [4.69, 9.17) is 0 Å². The Hall–Kier alpha value is -1.02. The van der Waals surface area contributed by atoms with Crippen LogP contribution in [-0.4, -0.2) is 45.7 Å². The highest BCUT2D eigenvalue weighted by molar-refractivity contribution is 7.92. The second-order valence-electron chi connectivity index (χ2n) is 5.32. The Kier molecular flexibility index (Phi) is 4.44. The molecule has 0 bridgehead atoms. The molecule has 0 atom stereocenters. The Bertz CT molecular complexity index is 492. The van der Waals surface area contributed by atoms with Crippen molar-refractivity contribution < 1.29 is 8.42 Å². The minimum atomic E-state index is -3.16. The van der Waals surface area contributed by atoms with E-state index in [9.17, 15) is 8.42 Å². The van der Waals surface area contributed by atoms with E-state index in [1.165, 1.54) is 10.9 Å². The molecule has 0 amide bonds. The molecule has 18 heavy (non-hydrogen) atoms. The van der Waals surface area contributed by atoms with Gasteiger partial charge in [0.15, 0.2) is 15.7 Å². The molecule has 0 aliphatic rings. The van der Waals surface area contributed by atoms with Crippen molar-refractivity contribution in [2.24, 2.45) is 0 Å². The monoisotopic (exact) mass is 275 g/mol. The number of rotatable bonds is 6. The van der Waals surface area contributed by atoms with Crippen LogP contribution in [-0.2, 0) is 22.9 Å². The van der Waals surface area contributed by atoms with Crippen LogP contribution in [0.1, 0.15) is 33.5 Å². The Balaban J connectivity index is 2.83. The van der Waals surface area contributed by atoms with Crippen LogP contribution in [0.5, 0.6) is 0 Å². The van der Waals surface area contributed by atoms with Crippen LogP contribution in [0.2, 0.25) is 0 Å². The summed E-state index contributed by atoms with van der Waals surface area (Å²) >= 11 is 0. The van der Waals surface area contributed by atoms with E-state index in [1.807, 2.05) is 13.8 Å². The third-order valence-electron chi connectivity index (χ3n) is 2.81. The first-order valence-corrected chi connectivity index (χ1v) is 7.70. The number of nitrogens with one attached hydrogen (secondary N) is 1. The van der Waals surface area contributed by atoms with Crippen molar-refractivity contribution in [3.8, 4) is 0 Å². The predicted molar refractivity (Wildman–Crippen MR) is 68.7 cm³/mol. The molecule has 8 heteroatoms. The average Bonchev–Trinajstić information content (AvgIpc) is 2.59. The van der Waals surface area contributed by atoms with Gasteiger partial charge in [0.25, 0.3) is 0 Å². The summed E-state index contributed by atoms with van der Waals surface area (Å²) in [4.78, 5) is 0. The lowest BCUT2D eigenvalue weighted by molar-refractivity contribution is 0.447. The number of tetrazole rings is 1. The normalized spacial score (nSPS) is 13.2. The third kappa shape index (κ3) is 3.74. The molecule has 0 fully saturated rings. The van der Waals surface area contributed by atoms with Crippen LogP contribution in [0.4, 0.5) is 0 Å². The van der Waals surface area contributed by atoms with Crippen LogP contribution >= 0.6 is 0 Å². The Morgan fingerprint density at radius 3 is 2.50 bits per heavy atom. The SMILES string of the molecule is CC(C)NCc1nnnn1CC(C)(C)S(C)(=O)=O. The van der Waals surface area contributed by atoms with Gasteiger partial charge in [-0.1, -0.05) is 13.8 Å². The Labute approximate surface area is 108 Å². The lowest BCUT2D eigenvalue weighted by Gasteiger charge is -2.22. The minimum absolute atomic E-state index is 0.244. The number of aromatic nitrogens is 4. The largest absolute Gasteiger partial charge is 0.308 e. The van der Waals surface area contributed by atoms with Crippen molar-refractivity contribution in [2.75, 3.05) is 6.26 Å². The molecule has 0 spiro atoms. The molecule has 0 radical (unpaired) electrons. The van der Waals surface area contributed by atoms with E-state index in [-0.39, 0.29) is 6.54 Å². The highest BCUT2D eigenvalue weighted by Gasteiger charge is 2.32. The van der Waals surface area contributed by atoms with E-state index in [2.05, 4.69) is 20.8 Å². The van der Waals surface area contributed by atoms with Gasteiger partial charge < -0.3 is 5.32 Å². The molecule has 1 aromatic rings. The van der Waals surface area contributed by atoms with Gasteiger partial charge in [0.1, 0.15) is 0 Å². The summed E-state index contributed by atoms with van der Waals surface area (Å²) in [6.07, 6.45) is 1.23. The van der Waals surface area contributed by atoms with Gasteiger partial charge in [-0.2, -0.15) is 0 Å². The molecule has 0 aliphatic heterocycles. The van der Waals surface area contributed by atoms with Crippen LogP contribution < -0.4 is 5.32 Å². The molecule has 0 saturated carbocycles. The molecule has 0 aromatic carbocycles. The second kappa shape index (κ2) is 5.31. The van der Waals surface area contributed by atoms with Gasteiger partial charge in [-0.05, 0) is 24.3 Å². The first kappa shape index (κ1) is 15.0. The summed E-state index contributed by atoms with van der Waals surface area (Å²) in [5, 5.41) is 14.5. The van der Waals surface area contributed by atoms with Gasteiger partial charge >= 0.3 is 0 Å². The molecular weight excluding hydrogens is 254 g/mol. The van der Waals surface area contributed by atoms with Crippen molar-refractivity contribution in [3.63, 3.8) is 0 Å².